The summed E-state index contributed by atoms with van der Waals surface area (Å²) in [7, 11) is 1.65. The van der Waals surface area contributed by atoms with Crippen LogP contribution in [0.15, 0.2) is 4.99 Å². The maximum Gasteiger partial charge on any atom is 0.189 e. The normalized spacial score (nSPS) is 11.1. The number of hydrogen-bond acceptors (Lipinski definition) is 4. The van der Waals surface area contributed by atoms with Crippen LogP contribution in [0.5, 0.6) is 0 Å². The highest BCUT2D eigenvalue weighted by atomic mass is 127. The zero-order valence-corrected chi connectivity index (χ0v) is 13.5. The van der Waals surface area contributed by atoms with Gasteiger partial charge in [0.1, 0.15) is 0 Å². The van der Waals surface area contributed by atoms with E-state index in [1.54, 1.807) is 18.4 Å². The smallest absolute Gasteiger partial charge is 0.189 e. The molecule has 0 saturated heterocycles. The highest BCUT2D eigenvalue weighted by Gasteiger charge is 2.03. The molecule has 1 rings (SSSR count). The van der Waals surface area contributed by atoms with Crippen molar-refractivity contribution < 1.29 is 4.74 Å². The highest BCUT2D eigenvalue weighted by molar-refractivity contribution is 14.0. The van der Waals surface area contributed by atoms with Crippen LogP contribution in [0, 0.1) is 13.8 Å². The molecule has 0 amide bonds. The second-order valence-electron chi connectivity index (χ2n) is 3.36. The Morgan fingerprint density at radius 2 is 2.24 bits per heavy atom. The number of aromatic nitrogens is 1. The van der Waals surface area contributed by atoms with Crippen LogP contribution < -0.4 is 11.1 Å². The van der Waals surface area contributed by atoms with Crippen LogP contribution in [0.4, 0.5) is 0 Å². The van der Waals surface area contributed by atoms with E-state index in [2.05, 4.69) is 15.3 Å². The monoisotopic (exact) mass is 370 g/mol. The van der Waals surface area contributed by atoms with Crippen molar-refractivity contribution in [3.8, 4) is 0 Å². The van der Waals surface area contributed by atoms with E-state index in [0.29, 0.717) is 25.7 Å². The Balaban J connectivity index is 0.00000256. The van der Waals surface area contributed by atoms with Crippen molar-refractivity contribution in [2.75, 3.05) is 20.3 Å². The van der Waals surface area contributed by atoms with Gasteiger partial charge >= 0.3 is 0 Å². The summed E-state index contributed by atoms with van der Waals surface area (Å²) in [4.78, 5) is 9.73. The Morgan fingerprint density at radius 1 is 1.53 bits per heavy atom. The first-order valence-electron chi connectivity index (χ1n) is 5.09. The lowest BCUT2D eigenvalue weighted by Crippen LogP contribution is -2.34. The summed E-state index contributed by atoms with van der Waals surface area (Å²) in [6, 6.07) is 0. The second-order valence-corrected chi connectivity index (χ2v) is 4.65. The van der Waals surface area contributed by atoms with Gasteiger partial charge in [0.05, 0.1) is 23.9 Å². The highest BCUT2D eigenvalue weighted by Crippen LogP contribution is 2.17. The minimum Gasteiger partial charge on any atom is -0.383 e. The number of rotatable bonds is 5. The van der Waals surface area contributed by atoms with Gasteiger partial charge in [-0.1, -0.05) is 0 Å². The number of methoxy groups -OCH3 is 1. The van der Waals surface area contributed by atoms with E-state index in [4.69, 9.17) is 10.5 Å². The van der Waals surface area contributed by atoms with Gasteiger partial charge in [-0.25, -0.2) is 9.98 Å². The first kappa shape index (κ1) is 16.6. The van der Waals surface area contributed by atoms with Crippen molar-refractivity contribution in [2.45, 2.75) is 20.4 Å². The number of nitrogens with one attached hydrogen (secondary N) is 1. The number of hydrogen-bond donors (Lipinski definition) is 2. The van der Waals surface area contributed by atoms with E-state index in [-0.39, 0.29) is 24.0 Å². The molecular formula is C10H19IN4OS. The Hall–Kier alpha value is -0.410. The zero-order valence-electron chi connectivity index (χ0n) is 10.3. The fourth-order valence-corrected chi connectivity index (χ4v) is 2.08. The van der Waals surface area contributed by atoms with E-state index in [1.807, 2.05) is 13.8 Å². The molecule has 17 heavy (non-hydrogen) atoms. The van der Waals surface area contributed by atoms with Crippen LogP contribution in [0.3, 0.4) is 0 Å². The number of aryl methyl sites for hydroxylation is 2. The van der Waals surface area contributed by atoms with Crippen LogP contribution in [-0.2, 0) is 11.3 Å². The summed E-state index contributed by atoms with van der Waals surface area (Å²) in [5.41, 5.74) is 6.72. The lowest BCUT2D eigenvalue weighted by atomic mass is 10.4. The van der Waals surface area contributed by atoms with Gasteiger partial charge in [-0.15, -0.1) is 35.3 Å². The lowest BCUT2D eigenvalue weighted by molar-refractivity contribution is 0.204. The van der Waals surface area contributed by atoms with Crippen LogP contribution >= 0.6 is 35.3 Å². The van der Waals surface area contributed by atoms with Gasteiger partial charge in [0, 0.05) is 18.5 Å². The van der Waals surface area contributed by atoms with Gasteiger partial charge in [-0.2, -0.15) is 0 Å². The van der Waals surface area contributed by atoms with E-state index in [1.165, 1.54) is 0 Å². The Kier molecular flexibility index (Phi) is 8.44. The third kappa shape index (κ3) is 6.18. The molecule has 0 aliphatic carbocycles. The number of nitrogens with two attached hydrogens (primary N) is 1. The number of aliphatic imine (C=N–C) groups is 1. The predicted molar refractivity (Wildman–Crippen MR) is 82.2 cm³/mol. The predicted octanol–water partition coefficient (Wildman–Crippen LogP) is 1.43. The van der Waals surface area contributed by atoms with Crippen LogP contribution in [0.1, 0.15) is 15.6 Å². The summed E-state index contributed by atoms with van der Waals surface area (Å²) < 4.78 is 4.90. The molecule has 0 radical (unpaired) electrons. The van der Waals surface area contributed by atoms with Crippen molar-refractivity contribution in [3.63, 3.8) is 0 Å². The maximum absolute atomic E-state index is 5.69. The Morgan fingerprint density at radius 3 is 2.76 bits per heavy atom. The molecule has 1 aromatic rings. The van der Waals surface area contributed by atoms with Crippen LogP contribution in [0.25, 0.3) is 0 Å². The first-order valence-corrected chi connectivity index (χ1v) is 5.90. The average Bonchev–Trinajstić information content (AvgIpc) is 2.55. The van der Waals surface area contributed by atoms with Gasteiger partial charge in [-0.3, -0.25) is 0 Å². The van der Waals surface area contributed by atoms with Crippen molar-refractivity contribution in [3.05, 3.63) is 15.6 Å². The third-order valence-corrected chi connectivity index (χ3v) is 3.06. The minimum absolute atomic E-state index is 0. The molecule has 0 fully saturated rings. The van der Waals surface area contributed by atoms with E-state index >= 15 is 0 Å². The van der Waals surface area contributed by atoms with Gasteiger partial charge < -0.3 is 15.8 Å². The molecule has 0 atom stereocenters. The molecule has 5 nitrogen and oxygen atoms in total. The summed E-state index contributed by atoms with van der Waals surface area (Å²) in [6.45, 7) is 5.86. The van der Waals surface area contributed by atoms with E-state index in [9.17, 15) is 0 Å². The topological polar surface area (TPSA) is 72.5 Å². The molecule has 7 heteroatoms. The van der Waals surface area contributed by atoms with Gasteiger partial charge in [-0.05, 0) is 13.8 Å². The molecule has 1 aromatic heterocycles. The molecule has 0 unspecified atom stereocenters. The maximum atomic E-state index is 5.69. The summed E-state index contributed by atoms with van der Waals surface area (Å²) >= 11 is 1.66. The van der Waals surface area contributed by atoms with Crippen LogP contribution in [-0.4, -0.2) is 31.2 Å². The van der Waals surface area contributed by atoms with E-state index < -0.39 is 0 Å². The lowest BCUT2D eigenvalue weighted by Gasteiger charge is -2.03. The van der Waals surface area contributed by atoms with E-state index in [0.717, 1.165) is 15.6 Å². The molecule has 1 heterocycles. The van der Waals surface area contributed by atoms with Crippen molar-refractivity contribution in [1.82, 2.24) is 10.3 Å². The molecule has 0 saturated carbocycles. The standard InChI is InChI=1S/C10H18N4OS.HI/c1-7-9(16-8(2)14-7)6-13-10(11)12-4-5-15-3;/h4-6H2,1-3H3,(H3,11,12,13);1H. The summed E-state index contributed by atoms with van der Waals surface area (Å²) in [5, 5.41) is 4.03. The van der Waals surface area contributed by atoms with Crippen molar-refractivity contribution >= 4 is 41.3 Å². The summed E-state index contributed by atoms with van der Waals surface area (Å²) in [5.74, 6) is 0.447. The fourth-order valence-electron chi connectivity index (χ4n) is 1.21. The molecule has 0 aromatic carbocycles. The minimum atomic E-state index is 0. The van der Waals surface area contributed by atoms with Crippen molar-refractivity contribution in [1.29, 1.82) is 0 Å². The molecule has 0 spiro atoms. The molecule has 0 aliphatic rings. The van der Waals surface area contributed by atoms with Gasteiger partial charge in [0.25, 0.3) is 0 Å². The Bertz CT molecular complexity index is 367. The second kappa shape index (κ2) is 8.65. The number of thiazole rings is 1. The quantitative estimate of drug-likeness (QED) is 0.356. The largest absolute Gasteiger partial charge is 0.383 e. The SMILES string of the molecule is COCCNC(N)=NCc1sc(C)nc1C.I. The molecule has 0 bridgehead atoms. The molecule has 98 valence electrons. The fraction of sp³-hybridized carbons (Fsp3) is 0.600. The Labute approximate surface area is 123 Å². The van der Waals surface area contributed by atoms with Crippen molar-refractivity contribution in [2.24, 2.45) is 10.7 Å². The zero-order chi connectivity index (χ0) is 12.0. The number of nitrogens with zero attached hydrogens (tertiary/aromatic N) is 2. The molecule has 3 N–H and O–H groups in total. The average molecular weight is 370 g/mol. The number of halogens is 1. The third-order valence-electron chi connectivity index (χ3n) is 2.00. The molecular weight excluding hydrogens is 351 g/mol. The van der Waals surface area contributed by atoms with Gasteiger partial charge in [0.2, 0.25) is 0 Å². The van der Waals surface area contributed by atoms with Gasteiger partial charge in [0.15, 0.2) is 5.96 Å². The number of guanidine groups is 1. The van der Waals surface area contributed by atoms with Crippen LogP contribution in [0.2, 0.25) is 0 Å². The number of ether oxygens (including phenoxy) is 1. The molecule has 0 aliphatic heterocycles. The summed E-state index contributed by atoms with van der Waals surface area (Å²) in [6.07, 6.45) is 0. The first-order chi connectivity index (χ1) is 7.63.